The van der Waals surface area contributed by atoms with Gasteiger partial charge < -0.3 is 15.2 Å². The smallest absolute Gasteiger partial charge is 0.331 e. The molecule has 0 aliphatic heterocycles. The molecule has 7 nitrogen and oxygen atoms in total. The standard InChI is InChI=1S/C16H18FN3O4/c1-10-8-20(12-6-4-11(17)5-7-12)19-13(10)14(21)18-16(2,9-24-3)15(22)23/h4-8H,9H2,1-3H3,(H,18,21)(H,22,23). The van der Waals surface area contributed by atoms with Gasteiger partial charge in [0.1, 0.15) is 5.82 Å². The van der Waals surface area contributed by atoms with Crippen molar-refractivity contribution >= 4 is 11.9 Å². The number of hydrogen-bond donors (Lipinski definition) is 2. The molecule has 0 fully saturated rings. The number of carboxylic acids is 1. The van der Waals surface area contributed by atoms with Crippen molar-refractivity contribution in [1.82, 2.24) is 15.1 Å². The third-order valence-corrected chi connectivity index (χ3v) is 3.50. The summed E-state index contributed by atoms with van der Waals surface area (Å²) in [5.74, 6) is -2.22. The third-order valence-electron chi connectivity index (χ3n) is 3.50. The maximum atomic E-state index is 13.0. The zero-order chi connectivity index (χ0) is 17.9. The van der Waals surface area contributed by atoms with Crippen molar-refractivity contribution < 1.29 is 23.8 Å². The van der Waals surface area contributed by atoms with Gasteiger partial charge in [0, 0.05) is 18.9 Å². The van der Waals surface area contributed by atoms with Crippen LogP contribution < -0.4 is 5.32 Å². The first-order valence-corrected chi connectivity index (χ1v) is 7.14. The number of halogens is 1. The summed E-state index contributed by atoms with van der Waals surface area (Å²) in [6.07, 6.45) is 1.61. The second kappa shape index (κ2) is 6.79. The summed E-state index contributed by atoms with van der Waals surface area (Å²) in [4.78, 5) is 23.8. The first-order chi connectivity index (χ1) is 11.3. The van der Waals surface area contributed by atoms with Crippen LogP contribution in [0.3, 0.4) is 0 Å². The lowest BCUT2D eigenvalue weighted by Crippen LogP contribution is -2.55. The van der Waals surface area contributed by atoms with E-state index in [1.165, 1.54) is 43.0 Å². The van der Waals surface area contributed by atoms with E-state index in [1.54, 1.807) is 13.1 Å². The SMILES string of the molecule is COCC(C)(NC(=O)c1nn(-c2ccc(F)cc2)cc1C)C(=O)O. The molecule has 24 heavy (non-hydrogen) atoms. The molecule has 1 aromatic heterocycles. The maximum Gasteiger partial charge on any atom is 0.331 e. The van der Waals surface area contributed by atoms with Crippen LogP contribution in [0.2, 0.25) is 0 Å². The third kappa shape index (κ3) is 3.60. The average molecular weight is 335 g/mol. The van der Waals surface area contributed by atoms with Crippen LogP contribution >= 0.6 is 0 Å². The van der Waals surface area contributed by atoms with E-state index in [9.17, 15) is 19.1 Å². The van der Waals surface area contributed by atoms with E-state index in [-0.39, 0.29) is 18.1 Å². The molecule has 2 N–H and O–H groups in total. The quantitative estimate of drug-likeness (QED) is 0.835. The number of hydrogen-bond acceptors (Lipinski definition) is 4. The van der Waals surface area contributed by atoms with E-state index >= 15 is 0 Å². The largest absolute Gasteiger partial charge is 0.479 e. The Morgan fingerprint density at radius 2 is 2.00 bits per heavy atom. The molecular formula is C16H18FN3O4. The van der Waals surface area contributed by atoms with Crippen molar-refractivity contribution in [2.45, 2.75) is 19.4 Å². The number of aromatic nitrogens is 2. The lowest BCUT2D eigenvalue weighted by molar-refractivity contribution is -0.145. The van der Waals surface area contributed by atoms with Gasteiger partial charge in [-0.1, -0.05) is 0 Å². The van der Waals surface area contributed by atoms with Gasteiger partial charge in [0.05, 0.1) is 12.3 Å². The highest BCUT2D eigenvalue weighted by Crippen LogP contribution is 2.14. The van der Waals surface area contributed by atoms with Crippen molar-refractivity contribution in [3.63, 3.8) is 0 Å². The van der Waals surface area contributed by atoms with Crippen molar-refractivity contribution in [1.29, 1.82) is 0 Å². The molecule has 1 unspecified atom stereocenters. The van der Waals surface area contributed by atoms with Crippen LogP contribution in [0.4, 0.5) is 4.39 Å². The van der Waals surface area contributed by atoms with Gasteiger partial charge in [-0.15, -0.1) is 0 Å². The summed E-state index contributed by atoms with van der Waals surface area (Å²) in [6, 6.07) is 5.61. The lowest BCUT2D eigenvalue weighted by Gasteiger charge is -2.24. The van der Waals surface area contributed by atoms with E-state index < -0.39 is 17.4 Å². The predicted octanol–water partition coefficient (Wildman–Crippen LogP) is 1.54. The van der Waals surface area contributed by atoms with Gasteiger partial charge in [0.15, 0.2) is 11.2 Å². The molecule has 1 amide bonds. The number of nitrogens with one attached hydrogen (secondary N) is 1. The molecule has 1 heterocycles. The van der Waals surface area contributed by atoms with Gasteiger partial charge in [-0.2, -0.15) is 5.10 Å². The molecule has 1 atom stereocenters. The number of amides is 1. The summed E-state index contributed by atoms with van der Waals surface area (Å²) >= 11 is 0. The molecule has 2 aromatic rings. The van der Waals surface area contributed by atoms with Gasteiger partial charge in [0.2, 0.25) is 0 Å². The van der Waals surface area contributed by atoms with Gasteiger partial charge in [0.25, 0.3) is 5.91 Å². The molecule has 0 spiro atoms. The second-order valence-electron chi connectivity index (χ2n) is 5.61. The van der Waals surface area contributed by atoms with Crippen LogP contribution in [0.5, 0.6) is 0 Å². The fraction of sp³-hybridized carbons (Fsp3) is 0.312. The Morgan fingerprint density at radius 3 is 2.54 bits per heavy atom. The molecule has 128 valence electrons. The number of aryl methyl sites for hydroxylation is 1. The number of carbonyl (C=O) groups is 2. The summed E-state index contributed by atoms with van der Waals surface area (Å²) in [5.41, 5.74) is -0.348. The molecule has 0 saturated carbocycles. The highest BCUT2D eigenvalue weighted by Gasteiger charge is 2.36. The first-order valence-electron chi connectivity index (χ1n) is 7.14. The molecule has 0 saturated heterocycles. The molecule has 1 aromatic carbocycles. The predicted molar refractivity (Wildman–Crippen MR) is 83.6 cm³/mol. The van der Waals surface area contributed by atoms with Crippen LogP contribution in [0.15, 0.2) is 30.5 Å². The van der Waals surface area contributed by atoms with Crippen molar-refractivity contribution in [2.24, 2.45) is 0 Å². The van der Waals surface area contributed by atoms with E-state index in [2.05, 4.69) is 10.4 Å². The van der Waals surface area contributed by atoms with E-state index in [0.717, 1.165) is 0 Å². The van der Waals surface area contributed by atoms with Crippen LogP contribution in [0.1, 0.15) is 23.0 Å². The van der Waals surface area contributed by atoms with Gasteiger partial charge in [-0.05, 0) is 38.1 Å². The number of benzene rings is 1. The fourth-order valence-electron chi connectivity index (χ4n) is 2.16. The summed E-state index contributed by atoms with van der Waals surface area (Å²) < 4.78 is 19.3. The molecular weight excluding hydrogens is 317 g/mol. The fourth-order valence-corrected chi connectivity index (χ4v) is 2.16. The van der Waals surface area contributed by atoms with E-state index in [0.29, 0.717) is 11.3 Å². The van der Waals surface area contributed by atoms with Gasteiger partial charge in [-0.3, -0.25) is 4.79 Å². The highest BCUT2D eigenvalue weighted by atomic mass is 19.1. The Morgan fingerprint density at radius 1 is 1.38 bits per heavy atom. The number of ether oxygens (including phenoxy) is 1. The molecule has 0 radical (unpaired) electrons. The number of nitrogens with zero attached hydrogens (tertiary/aromatic N) is 2. The number of rotatable bonds is 6. The first kappa shape index (κ1) is 17.6. The minimum Gasteiger partial charge on any atom is -0.479 e. The highest BCUT2D eigenvalue weighted by molar-refractivity contribution is 5.97. The minimum atomic E-state index is -1.57. The zero-order valence-corrected chi connectivity index (χ0v) is 13.5. The molecule has 8 heteroatoms. The number of carboxylic acid groups (broad SMARTS) is 1. The summed E-state index contributed by atoms with van der Waals surface area (Å²) in [7, 11) is 1.35. The van der Waals surface area contributed by atoms with Crippen LogP contribution in [-0.4, -0.2) is 46.0 Å². The maximum absolute atomic E-state index is 13.0. The monoisotopic (exact) mass is 335 g/mol. The number of carbonyl (C=O) groups excluding carboxylic acids is 1. The molecule has 0 bridgehead atoms. The minimum absolute atomic E-state index is 0.0860. The molecule has 2 rings (SSSR count). The van der Waals surface area contributed by atoms with E-state index in [1.807, 2.05) is 0 Å². The molecule has 0 aliphatic rings. The zero-order valence-electron chi connectivity index (χ0n) is 13.5. The molecule has 0 aliphatic carbocycles. The van der Waals surface area contributed by atoms with Crippen LogP contribution in [0.25, 0.3) is 5.69 Å². The Kier molecular flexibility index (Phi) is 4.99. The number of aliphatic carboxylic acids is 1. The number of methoxy groups -OCH3 is 1. The Bertz CT molecular complexity index is 757. The van der Waals surface area contributed by atoms with Crippen LogP contribution in [-0.2, 0) is 9.53 Å². The lowest BCUT2D eigenvalue weighted by atomic mass is 10.0. The van der Waals surface area contributed by atoms with Crippen molar-refractivity contribution in [3.05, 3.63) is 47.5 Å². The normalized spacial score (nSPS) is 13.3. The van der Waals surface area contributed by atoms with Crippen molar-refractivity contribution in [2.75, 3.05) is 13.7 Å². The Balaban J connectivity index is 2.27. The van der Waals surface area contributed by atoms with Gasteiger partial charge in [-0.25, -0.2) is 13.9 Å². The Hall–Kier alpha value is -2.74. The van der Waals surface area contributed by atoms with Crippen molar-refractivity contribution in [3.8, 4) is 5.69 Å². The van der Waals surface area contributed by atoms with Crippen LogP contribution in [0, 0.1) is 12.7 Å². The summed E-state index contributed by atoms with van der Waals surface area (Å²) in [5, 5.41) is 15.9. The van der Waals surface area contributed by atoms with E-state index in [4.69, 9.17) is 4.74 Å². The topological polar surface area (TPSA) is 93.5 Å². The second-order valence-corrected chi connectivity index (χ2v) is 5.61. The average Bonchev–Trinajstić information content (AvgIpc) is 2.90. The van der Waals surface area contributed by atoms with Gasteiger partial charge >= 0.3 is 5.97 Å². The summed E-state index contributed by atoms with van der Waals surface area (Å²) in [6.45, 7) is 2.84. The Labute approximate surface area is 138 Å².